The average molecular weight is 381 g/mol. The lowest BCUT2D eigenvalue weighted by Crippen LogP contribution is -2.34. The molecule has 5 heteroatoms. The molecule has 4 nitrogen and oxygen atoms in total. The minimum atomic E-state index is 0.0696. The molecule has 3 aromatic rings. The number of fused-ring (bicyclic) bond motifs is 3. The van der Waals surface area contributed by atoms with Crippen molar-refractivity contribution in [3.63, 3.8) is 0 Å². The summed E-state index contributed by atoms with van der Waals surface area (Å²) in [5.41, 5.74) is 2.25. The highest BCUT2D eigenvalue weighted by Gasteiger charge is 2.30. The summed E-state index contributed by atoms with van der Waals surface area (Å²) in [5.74, 6) is 1.94. The van der Waals surface area contributed by atoms with Gasteiger partial charge in [0.25, 0.3) is 5.91 Å². The van der Waals surface area contributed by atoms with Crippen molar-refractivity contribution in [1.29, 1.82) is 0 Å². The van der Waals surface area contributed by atoms with Crippen LogP contribution in [0.2, 0.25) is 0 Å². The maximum Gasteiger partial charge on any atom is 0.261 e. The topological polar surface area (TPSA) is 42.7 Å². The second-order valence-electron chi connectivity index (χ2n) is 7.42. The first-order valence-corrected chi connectivity index (χ1v) is 10.7. The molecule has 1 saturated heterocycles. The Balaban J connectivity index is 1.30. The van der Waals surface area contributed by atoms with Crippen LogP contribution in [0.3, 0.4) is 0 Å². The summed E-state index contributed by atoms with van der Waals surface area (Å²) >= 11 is 1.73. The van der Waals surface area contributed by atoms with Gasteiger partial charge in [-0.15, -0.1) is 11.3 Å². The molecular formula is C22H23NO3S. The van der Waals surface area contributed by atoms with Gasteiger partial charge in [0.15, 0.2) is 6.61 Å². The minimum absolute atomic E-state index is 0.0696. The molecule has 0 radical (unpaired) electrons. The van der Waals surface area contributed by atoms with E-state index in [4.69, 9.17) is 9.15 Å². The van der Waals surface area contributed by atoms with Gasteiger partial charge in [0.2, 0.25) is 0 Å². The first-order chi connectivity index (χ1) is 13.3. The van der Waals surface area contributed by atoms with Gasteiger partial charge in [0.05, 0.1) is 6.04 Å². The van der Waals surface area contributed by atoms with E-state index in [0.717, 1.165) is 54.7 Å². The Kier molecular flexibility index (Phi) is 4.40. The molecular weight excluding hydrogens is 358 g/mol. The predicted molar refractivity (Wildman–Crippen MR) is 106 cm³/mol. The Hall–Kier alpha value is -2.27. The monoisotopic (exact) mass is 381 g/mol. The highest BCUT2D eigenvalue weighted by atomic mass is 32.1. The molecule has 1 atom stereocenters. The Morgan fingerprint density at radius 2 is 2.15 bits per heavy atom. The maximum absolute atomic E-state index is 12.8. The molecule has 27 heavy (non-hydrogen) atoms. The third-order valence-electron chi connectivity index (χ3n) is 5.73. The summed E-state index contributed by atoms with van der Waals surface area (Å²) < 4.78 is 11.9. The first-order valence-electron chi connectivity index (χ1n) is 9.79. The SMILES string of the molecule is O=C(COc1ccc2oc3c(c2c1)CCCC3)N1CCCC1c1cccs1. The number of carbonyl (C=O) groups is 1. The van der Waals surface area contributed by atoms with Crippen molar-refractivity contribution in [2.24, 2.45) is 0 Å². The van der Waals surface area contributed by atoms with Gasteiger partial charge in [-0.2, -0.15) is 0 Å². The third kappa shape index (κ3) is 3.14. The molecule has 1 fully saturated rings. The Morgan fingerprint density at radius 1 is 1.22 bits per heavy atom. The van der Waals surface area contributed by atoms with E-state index in [1.807, 2.05) is 23.1 Å². The van der Waals surface area contributed by atoms with E-state index in [0.29, 0.717) is 0 Å². The highest BCUT2D eigenvalue weighted by molar-refractivity contribution is 7.10. The number of carbonyl (C=O) groups excluding carboxylic acids is 1. The fourth-order valence-corrected chi connectivity index (χ4v) is 5.28. The zero-order chi connectivity index (χ0) is 18.2. The number of amides is 1. The number of furan rings is 1. The van der Waals surface area contributed by atoms with Crippen molar-refractivity contribution in [3.8, 4) is 5.75 Å². The number of hydrogen-bond acceptors (Lipinski definition) is 4. The van der Waals surface area contributed by atoms with Crippen LogP contribution >= 0.6 is 11.3 Å². The molecule has 1 aromatic carbocycles. The molecule has 1 unspecified atom stereocenters. The molecule has 0 saturated carbocycles. The number of thiophene rings is 1. The number of benzene rings is 1. The lowest BCUT2D eigenvalue weighted by Gasteiger charge is -2.24. The van der Waals surface area contributed by atoms with Crippen LogP contribution in [0.25, 0.3) is 11.0 Å². The molecule has 1 amide bonds. The molecule has 0 N–H and O–H groups in total. The van der Waals surface area contributed by atoms with Gasteiger partial charge < -0.3 is 14.1 Å². The van der Waals surface area contributed by atoms with Gasteiger partial charge in [-0.05, 0) is 61.7 Å². The fourth-order valence-electron chi connectivity index (χ4n) is 4.40. The molecule has 0 spiro atoms. The molecule has 2 aromatic heterocycles. The second kappa shape index (κ2) is 7.04. The van der Waals surface area contributed by atoms with Gasteiger partial charge >= 0.3 is 0 Å². The molecule has 1 aliphatic carbocycles. The van der Waals surface area contributed by atoms with E-state index >= 15 is 0 Å². The Labute approximate surface area is 162 Å². The van der Waals surface area contributed by atoms with Crippen molar-refractivity contribution in [1.82, 2.24) is 4.90 Å². The van der Waals surface area contributed by atoms with Crippen LogP contribution in [0.4, 0.5) is 0 Å². The maximum atomic E-state index is 12.8. The lowest BCUT2D eigenvalue weighted by molar-refractivity contribution is -0.134. The van der Waals surface area contributed by atoms with Gasteiger partial charge in [-0.1, -0.05) is 6.07 Å². The van der Waals surface area contributed by atoms with Gasteiger partial charge in [0.1, 0.15) is 17.1 Å². The van der Waals surface area contributed by atoms with Crippen molar-refractivity contribution in [3.05, 3.63) is 51.9 Å². The summed E-state index contributed by atoms with van der Waals surface area (Å²) in [6.45, 7) is 0.909. The van der Waals surface area contributed by atoms with Crippen LogP contribution in [0.15, 0.2) is 40.1 Å². The first kappa shape index (κ1) is 16.9. The van der Waals surface area contributed by atoms with E-state index in [1.165, 1.54) is 23.3 Å². The van der Waals surface area contributed by atoms with Gasteiger partial charge in [-0.25, -0.2) is 0 Å². The van der Waals surface area contributed by atoms with Gasteiger partial charge in [0, 0.05) is 28.8 Å². The van der Waals surface area contributed by atoms with Crippen molar-refractivity contribution < 1.29 is 13.9 Å². The number of likely N-dealkylation sites (tertiary alicyclic amines) is 1. The molecule has 0 bridgehead atoms. The lowest BCUT2D eigenvalue weighted by atomic mass is 9.96. The van der Waals surface area contributed by atoms with Crippen molar-refractivity contribution in [2.45, 2.75) is 44.6 Å². The summed E-state index contributed by atoms with van der Waals surface area (Å²) in [5, 5.41) is 3.22. The summed E-state index contributed by atoms with van der Waals surface area (Å²) in [7, 11) is 0. The van der Waals surface area contributed by atoms with Crippen LogP contribution in [-0.2, 0) is 17.6 Å². The normalized spacial score (nSPS) is 19.4. The third-order valence-corrected chi connectivity index (χ3v) is 6.71. The van der Waals surface area contributed by atoms with Gasteiger partial charge in [-0.3, -0.25) is 4.79 Å². The summed E-state index contributed by atoms with van der Waals surface area (Å²) in [6, 6.07) is 10.3. The molecule has 5 rings (SSSR count). The second-order valence-corrected chi connectivity index (χ2v) is 8.40. The van der Waals surface area contributed by atoms with E-state index in [9.17, 15) is 4.79 Å². The number of rotatable bonds is 4. The van der Waals surface area contributed by atoms with E-state index in [1.54, 1.807) is 11.3 Å². The van der Waals surface area contributed by atoms with E-state index in [2.05, 4.69) is 17.5 Å². The molecule has 140 valence electrons. The molecule has 2 aliphatic rings. The van der Waals surface area contributed by atoms with Crippen LogP contribution in [-0.4, -0.2) is 24.0 Å². The summed E-state index contributed by atoms with van der Waals surface area (Å²) in [4.78, 5) is 16.0. The number of hydrogen-bond donors (Lipinski definition) is 0. The van der Waals surface area contributed by atoms with Crippen LogP contribution in [0.5, 0.6) is 5.75 Å². The number of nitrogens with zero attached hydrogens (tertiary/aromatic N) is 1. The quantitative estimate of drug-likeness (QED) is 0.630. The Morgan fingerprint density at radius 3 is 3.04 bits per heavy atom. The zero-order valence-corrected chi connectivity index (χ0v) is 16.1. The Bertz CT molecular complexity index is 960. The summed E-state index contributed by atoms with van der Waals surface area (Å²) in [6.07, 6.45) is 6.61. The number of aryl methyl sites for hydroxylation is 2. The van der Waals surface area contributed by atoms with Crippen LogP contribution < -0.4 is 4.74 Å². The van der Waals surface area contributed by atoms with Crippen molar-refractivity contribution >= 4 is 28.2 Å². The fraction of sp³-hybridized carbons (Fsp3) is 0.409. The smallest absolute Gasteiger partial charge is 0.261 e. The van der Waals surface area contributed by atoms with E-state index < -0.39 is 0 Å². The molecule has 3 heterocycles. The number of ether oxygens (including phenoxy) is 1. The largest absolute Gasteiger partial charge is 0.484 e. The van der Waals surface area contributed by atoms with Crippen LogP contribution in [0, 0.1) is 0 Å². The highest BCUT2D eigenvalue weighted by Crippen LogP contribution is 2.35. The minimum Gasteiger partial charge on any atom is -0.484 e. The predicted octanol–water partition coefficient (Wildman–Crippen LogP) is 5.12. The standard InChI is InChI=1S/C22H23NO3S/c24-22(23-11-3-6-18(23)21-8-4-12-27-21)14-25-15-9-10-20-17(13-15)16-5-1-2-7-19(16)26-20/h4,8-10,12-13,18H,1-3,5-7,11,14H2. The molecule has 1 aliphatic heterocycles. The average Bonchev–Trinajstić information content (AvgIpc) is 3.44. The van der Waals surface area contributed by atoms with E-state index in [-0.39, 0.29) is 18.6 Å². The zero-order valence-electron chi connectivity index (χ0n) is 15.3. The van der Waals surface area contributed by atoms with Crippen LogP contribution in [0.1, 0.15) is 47.9 Å². The van der Waals surface area contributed by atoms with Crippen molar-refractivity contribution in [2.75, 3.05) is 13.2 Å².